The van der Waals surface area contributed by atoms with Gasteiger partial charge in [-0.05, 0) is 30.7 Å². The van der Waals surface area contributed by atoms with Gasteiger partial charge in [-0.3, -0.25) is 0 Å². The van der Waals surface area contributed by atoms with Gasteiger partial charge in [-0.25, -0.2) is 4.39 Å². The molecule has 0 saturated heterocycles. The number of nitrogens with two attached hydrogens (primary N) is 1. The van der Waals surface area contributed by atoms with E-state index in [1.807, 2.05) is 13.0 Å². The number of nitrogen functional groups attached to an aromatic ring is 1. The first-order valence-corrected chi connectivity index (χ1v) is 7.21. The van der Waals surface area contributed by atoms with Crippen molar-refractivity contribution in [3.8, 4) is 5.75 Å². The van der Waals surface area contributed by atoms with E-state index >= 15 is 0 Å². The van der Waals surface area contributed by atoms with Crippen molar-refractivity contribution in [1.82, 2.24) is 0 Å². The van der Waals surface area contributed by atoms with Gasteiger partial charge >= 0.3 is 0 Å². The summed E-state index contributed by atoms with van der Waals surface area (Å²) in [6, 6.07) is 8.29. The standard InChI is InChI=1S/C15H15Cl2FN2O/c1-2-6-21-13-5-3-4-12(15(13)19)20-9-7-10(16)14(18)11(17)8-9/h3-5,7-8,20H,2,6,19H2,1H3. The maximum absolute atomic E-state index is 13.4. The Morgan fingerprint density at radius 1 is 1.24 bits per heavy atom. The van der Waals surface area contributed by atoms with E-state index < -0.39 is 5.82 Å². The van der Waals surface area contributed by atoms with Gasteiger partial charge in [0.05, 0.1) is 28.0 Å². The maximum Gasteiger partial charge on any atom is 0.160 e. The van der Waals surface area contributed by atoms with E-state index in [0.717, 1.165) is 6.42 Å². The molecule has 0 bridgehead atoms. The van der Waals surface area contributed by atoms with Gasteiger partial charge in [0.15, 0.2) is 5.82 Å². The average Bonchev–Trinajstić information content (AvgIpc) is 2.45. The first kappa shape index (κ1) is 15.7. The monoisotopic (exact) mass is 328 g/mol. The second-order valence-electron chi connectivity index (χ2n) is 4.44. The smallest absolute Gasteiger partial charge is 0.160 e. The Balaban J connectivity index is 2.27. The van der Waals surface area contributed by atoms with Gasteiger partial charge in [-0.1, -0.05) is 36.2 Å². The van der Waals surface area contributed by atoms with Gasteiger partial charge in [-0.2, -0.15) is 0 Å². The van der Waals surface area contributed by atoms with Crippen LogP contribution in [-0.4, -0.2) is 6.61 Å². The molecule has 0 saturated carbocycles. The van der Waals surface area contributed by atoms with Crippen LogP contribution in [0.2, 0.25) is 10.0 Å². The van der Waals surface area contributed by atoms with Gasteiger partial charge in [0.2, 0.25) is 0 Å². The van der Waals surface area contributed by atoms with Crippen LogP contribution in [0, 0.1) is 5.82 Å². The number of hydrogen-bond acceptors (Lipinski definition) is 3. The molecule has 0 fully saturated rings. The van der Waals surface area contributed by atoms with Crippen LogP contribution in [0.4, 0.5) is 21.5 Å². The molecule has 112 valence electrons. The molecule has 0 heterocycles. The quantitative estimate of drug-likeness (QED) is 0.582. The molecule has 2 rings (SSSR count). The van der Waals surface area contributed by atoms with Crippen molar-refractivity contribution in [3.63, 3.8) is 0 Å². The lowest BCUT2D eigenvalue weighted by Crippen LogP contribution is -2.02. The fraction of sp³-hybridized carbons (Fsp3) is 0.200. The van der Waals surface area contributed by atoms with Gasteiger partial charge in [-0.15, -0.1) is 0 Å². The summed E-state index contributed by atoms with van der Waals surface area (Å²) in [4.78, 5) is 0. The van der Waals surface area contributed by atoms with Gasteiger partial charge < -0.3 is 15.8 Å². The zero-order chi connectivity index (χ0) is 15.4. The van der Waals surface area contributed by atoms with Crippen LogP contribution in [0.25, 0.3) is 0 Å². The molecule has 6 heteroatoms. The van der Waals surface area contributed by atoms with Crippen molar-refractivity contribution >= 4 is 40.3 Å². The summed E-state index contributed by atoms with van der Waals surface area (Å²) in [6.45, 7) is 2.60. The zero-order valence-corrected chi connectivity index (χ0v) is 12.9. The Hall–Kier alpha value is -1.65. The molecule has 2 aromatic carbocycles. The molecule has 0 spiro atoms. The fourth-order valence-electron chi connectivity index (χ4n) is 1.77. The molecule has 0 amide bonds. The van der Waals surface area contributed by atoms with Crippen LogP contribution in [0.5, 0.6) is 5.75 Å². The molecule has 3 N–H and O–H groups in total. The molecular formula is C15H15Cl2FN2O. The minimum absolute atomic E-state index is 0.0537. The summed E-state index contributed by atoms with van der Waals surface area (Å²) in [5.41, 5.74) is 7.71. The zero-order valence-electron chi connectivity index (χ0n) is 11.4. The number of para-hydroxylation sites is 1. The Labute approximate surface area is 132 Å². The Morgan fingerprint density at radius 2 is 1.90 bits per heavy atom. The van der Waals surface area contributed by atoms with Gasteiger partial charge in [0.1, 0.15) is 5.75 Å². The molecular weight excluding hydrogens is 314 g/mol. The lowest BCUT2D eigenvalue weighted by atomic mass is 10.2. The lowest BCUT2D eigenvalue weighted by Gasteiger charge is -2.14. The minimum Gasteiger partial charge on any atom is -0.491 e. The Bertz CT molecular complexity index is 627. The molecule has 0 aromatic heterocycles. The highest BCUT2D eigenvalue weighted by Crippen LogP contribution is 2.34. The molecule has 0 unspecified atom stereocenters. The van der Waals surface area contributed by atoms with Crippen molar-refractivity contribution < 1.29 is 9.13 Å². The van der Waals surface area contributed by atoms with E-state index in [2.05, 4.69) is 5.32 Å². The SMILES string of the molecule is CCCOc1cccc(Nc2cc(Cl)c(F)c(Cl)c2)c1N. The summed E-state index contributed by atoms with van der Waals surface area (Å²) >= 11 is 11.5. The number of rotatable bonds is 5. The molecule has 0 atom stereocenters. The number of halogens is 3. The molecule has 0 aliphatic heterocycles. The number of anilines is 3. The minimum atomic E-state index is -0.642. The maximum atomic E-state index is 13.4. The second kappa shape index (κ2) is 6.87. The lowest BCUT2D eigenvalue weighted by molar-refractivity contribution is 0.319. The van der Waals surface area contributed by atoms with Crippen LogP contribution in [-0.2, 0) is 0 Å². The summed E-state index contributed by atoms with van der Waals surface area (Å²) < 4.78 is 18.9. The molecule has 0 aliphatic rings. The largest absolute Gasteiger partial charge is 0.491 e. The average molecular weight is 329 g/mol. The number of nitrogens with one attached hydrogen (secondary N) is 1. The van der Waals surface area contributed by atoms with Crippen LogP contribution in [0.15, 0.2) is 30.3 Å². The van der Waals surface area contributed by atoms with Crippen LogP contribution >= 0.6 is 23.2 Å². The van der Waals surface area contributed by atoms with E-state index in [-0.39, 0.29) is 10.0 Å². The predicted molar refractivity (Wildman–Crippen MR) is 86.3 cm³/mol. The van der Waals surface area contributed by atoms with Crippen molar-refractivity contribution in [3.05, 3.63) is 46.2 Å². The van der Waals surface area contributed by atoms with Crippen molar-refractivity contribution in [2.24, 2.45) is 0 Å². The normalized spacial score (nSPS) is 10.5. The van der Waals surface area contributed by atoms with Crippen LogP contribution in [0.3, 0.4) is 0 Å². The third kappa shape index (κ3) is 3.71. The summed E-state index contributed by atoms with van der Waals surface area (Å²) in [5.74, 6) is -0.0435. The van der Waals surface area contributed by atoms with E-state index in [0.29, 0.717) is 29.4 Å². The van der Waals surface area contributed by atoms with Crippen LogP contribution in [0.1, 0.15) is 13.3 Å². The Morgan fingerprint density at radius 3 is 2.52 bits per heavy atom. The third-order valence-corrected chi connectivity index (χ3v) is 3.34. The molecule has 0 aliphatic carbocycles. The summed E-state index contributed by atoms with van der Waals surface area (Å²) in [6.07, 6.45) is 0.889. The van der Waals surface area contributed by atoms with E-state index in [9.17, 15) is 4.39 Å². The summed E-state index contributed by atoms with van der Waals surface area (Å²) in [7, 11) is 0. The first-order chi connectivity index (χ1) is 10.0. The van der Waals surface area contributed by atoms with Gasteiger partial charge in [0.25, 0.3) is 0 Å². The highest BCUT2D eigenvalue weighted by Gasteiger charge is 2.10. The number of hydrogen-bond donors (Lipinski definition) is 2. The van der Waals surface area contributed by atoms with Crippen molar-refractivity contribution in [2.45, 2.75) is 13.3 Å². The highest BCUT2D eigenvalue weighted by molar-refractivity contribution is 6.35. The summed E-state index contributed by atoms with van der Waals surface area (Å²) in [5, 5.41) is 2.95. The number of ether oxygens (including phenoxy) is 1. The first-order valence-electron chi connectivity index (χ1n) is 6.45. The van der Waals surface area contributed by atoms with Crippen LogP contribution < -0.4 is 15.8 Å². The second-order valence-corrected chi connectivity index (χ2v) is 5.26. The Kier molecular flexibility index (Phi) is 5.15. The van der Waals surface area contributed by atoms with Gasteiger partial charge in [0, 0.05) is 5.69 Å². The molecule has 3 nitrogen and oxygen atoms in total. The molecule has 0 radical (unpaired) electrons. The van der Waals surface area contributed by atoms with Crippen molar-refractivity contribution in [1.29, 1.82) is 0 Å². The van der Waals surface area contributed by atoms with E-state index in [1.165, 1.54) is 12.1 Å². The fourth-order valence-corrected chi connectivity index (χ4v) is 2.26. The third-order valence-electron chi connectivity index (χ3n) is 2.79. The molecule has 21 heavy (non-hydrogen) atoms. The number of benzene rings is 2. The highest BCUT2D eigenvalue weighted by atomic mass is 35.5. The van der Waals surface area contributed by atoms with E-state index in [1.54, 1.807) is 12.1 Å². The van der Waals surface area contributed by atoms with E-state index in [4.69, 9.17) is 33.7 Å². The van der Waals surface area contributed by atoms with Crippen molar-refractivity contribution in [2.75, 3.05) is 17.7 Å². The topological polar surface area (TPSA) is 47.3 Å². The molecule has 2 aromatic rings. The predicted octanol–water partition coefficient (Wildman–Crippen LogP) is 5.25.